The maximum absolute atomic E-state index is 12.5. The molecular formula is C19H22BrClN4O4. The zero-order valence-corrected chi connectivity index (χ0v) is 18.9. The first-order valence-electron chi connectivity index (χ1n) is 9.07. The van der Waals surface area contributed by atoms with E-state index in [4.69, 9.17) is 16.3 Å². The molecule has 0 aliphatic carbocycles. The lowest BCUT2D eigenvalue weighted by Gasteiger charge is -2.40. The summed E-state index contributed by atoms with van der Waals surface area (Å²) in [6, 6.07) is 2.51. The number of ether oxygens (including phenoxy) is 1. The number of carboxylic acid groups (broad SMARTS) is 1. The Kier molecular flexibility index (Phi) is 5.91. The Hall–Kier alpha value is -2.13. The monoisotopic (exact) mass is 484 g/mol. The molecule has 1 aliphatic heterocycles. The van der Waals surface area contributed by atoms with Gasteiger partial charge < -0.3 is 14.7 Å². The van der Waals surface area contributed by atoms with E-state index in [2.05, 4.69) is 25.9 Å². The molecule has 1 amide bonds. The van der Waals surface area contributed by atoms with Crippen molar-refractivity contribution in [3.05, 3.63) is 27.5 Å². The number of amides is 1. The molecule has 1 aliphatic rings. The summed E-state index contributed by atoms with van der Waals surface area (Å²) >= 11 is 9.61. The van der Waals surface area contributed by atoms with Gasteiger partial charge in [-0.3, -0.25) is 4.90 Å². The third-order valence-electron chi connectivity index (χ3n) is 4.42. The van der Waals surface area contributed by atoms with E-state index in [1.807, 2.05) is 11.0 Å². The van der Waals surface area contributed by atoms with Crippen LogP contribution in [-0.4, -0.2) is 63.3 Å². The molecule has 156 valence electrons. The van der Waals surface area contributed by atoms with E-state index in [1.54, 1.807) is 33.8 Å². The quantitative estimate of drug-likeness (QED) is 0.690. The molecule has 1 aromatic heterocycles. The summed E-state index contributed by atoms with van der Waals surface area (Å²) < 4.78 is 6.07. The van der Waals surface area contributed by atoms with Crippen LogP contribution >= 0.6 is 27.5 Å². The second-order valence-corrected chi connectivity index (χ2v) is 9.11. The Bertz CT molecular complexity index is 979. The molecule has 1 N–H and O–H groups in total. The third kappa shape index (κ3) is 4.72. The highest BCUT2D eigenvalue weighted by atomic mass is 79.9. The van der Waals surface area contributed by atoms with Gasteiger partial charge in [0.2, 0.25) is 0 Å². The molecule has 2 aromatic rings. The minimum absolute atomic E-state index is 0.0837. The fourth-order valence-electron chi connectivity index (χ4n) is 3.19. The topological polar surface area (TPSA) is 95.9 Å². The van der Waals surface area contributed by atoms with E-state index < -0.39 is 23.7 Å². The van der Waals surface area contributed by atoms with E-state index in [0.717, 1.165) is 5.39 Å². The highest BCUT2D eigenvalue weighted by Gasteiger charge is 2.38. The van der Waals surface area contributed by atoms with Crippen LogP contribution in [-0.2, 0) is 9.53 Å². The van der Waals surface area contributed by atoms with Gasteiger partial charge >= 0.3 is 12.1 Å². The summed E-state index contributed by atoms with van der Waals surface area (Å²) in [6.07, 6.45) is -0.636. The number of carbonyl (C=O) groups excluding carboxylic acids is 1. The number of aryl methyl sites for hydroxylation is 1. The molecule has 0 spiro atoms. The molecule has 8 nitrogen and oxygen atoms in total. The Morgan fingerprint density at radius 2 is 1.97 bits per heavy atom. The second kappa shape index (κ2) is 7.95. The molecule has 3 rings (SSSR count). The number of carbonyl (C=O) groups is 2. The van der Waals surface area contributed by atoms with Crippen LogP contribution in [0.4, 0.5) is 10.6 Å². The molecular weight excluding hydrogens is 464 g/mol. The number of aromatic nitrogens is 2. The Morgan fingerprint density at radius 3 is 2.59 bits per heavy atom. The summed E-state index contributed by atoms with van der Waals surface area (Å²) in [4.78, 5) is 36.5. The van der Waals surface area contributed by atoms with Crippen molar-refractivity contribution in [3.63, 3.8) is 0 Å². The van der Waals surface area contributed by atoms with Gasteiger partial charge in [-0.15, -0.1) is 0 Å². The molecule has 1 atom stereocenters. The summed E-state index contributed by atoms with van der Waals surface area (Å²) in [5.74, 6) is 0.0622. The van der Waals surface area contributed by atoms with Crippen molar-refractivity contribution in [2.24, 2.45) is 0 Å². The fourth-order valence-corrected chi connectivity index (χ4v) is 3.69. The normalized spacial score (nSPS) is 17.5. The van der Waals surface area contributed by atoms with Gasteiger partial charge in [-0.25, -0.2) is 19.6 Å². The average Bonchev–Trinajstić information content (AvgIpc) is 2.60. The van der Waals surface area contributed by atoms with E-state index in [1.165, 1.54) is 4.90 Å². The minimum Gasteiger partial charge on any atom is -0.480 e. The number of piperazine rings is 1. The number of hydrogen-bond donors (Lipinski definition) is 1. The fraction of sp³-hybridized carbons (Fsp3) is 0.474. The Morgan fingerprint density at radius 1 is 1.28 bits per heavy atom. The standard InChI is InChI=1S/C19H22BrClN4O4/c1-10-22-14-8-13(21)12(20)7-11(14)16(23-10)24-5-6-25(15(9-24)17(26)27)18(28)29-19(2,3)4/h7-8,15H,5-6,9H2,1-4H3,(H,26,27). The van der Waals surface area contributed by atoms with Crippen LogP contribution in [0, 0.1) is 6.92 Å². The first-order chi connectivity index (χ1) is 13.5. The number of carboxylic acids is 1. The lowest BCUT2D eigenvalue weighted by atomic mass is 10.1. The lowest BCUT2D eigenvalue weighted by Crippen LogP contribution is -2.59. The Labute approximate surface area is 181 Å². The van der Waals surface area contributed by atoms with Gasteiger partial charge in [0.25, 0.3) is 0 Å². The van der Waals surface area contributed by atoms with Gasteiger partial charge in [-0.05, 0) is 55.8 Å². The van der Waals surface area contributed by atoms with Crippen molar-refractivity contribution in [1.29, 1.82) is 0 Å². The molecule has 10 heteroatoms. The van der Waals surface area contributed by atoms with Crippen LogP contribution < -0.4 is 4.90 Å². The van der Waals surface area contributed by atoms with E-state index in [0.29, 0.717) is 33.2 Å². The van der Waals surface area contributed by atoms with Crippen molar-refractivity contribution in [2.75, 3.05) is 24.5 Å². The van der Waals surface area contributed by atoms with Crippen LogP contribution in [0.1, 0.15) is 26.6 Å². The molecule has 1 unspecified atom stereocenters. The van der Waals surface area contributed by atoms with Gasteiger partial charge in [0.1, 0.15) is 23.3 Å². The maximum Gasteiger partial charge on any atom is 0.411 e. The summed E-state index contributed by atoms with van der Waals surface area (Å²) in [7, 11) is 0. The SMILES string of the molecule is Cc1nc(N2CCN(C(=O)OC(C)(C)C)C(C(=O)O)C2)c2cc(Br)c(Cl)cc2n1. The van der Waals surface area contributed by atoms with Crippen LogP contribution in [0.2, 0.25) is 5.02 Å². The number of aliphatic carboxylic acids is 1. The molecule has 29 heavy (non-hydrogen) atoms. The number of hydrogen-bond acceptors (Lipinski definition) is 6. The average molecular weight is 486 g/mol. The van der Waals surface area contributed by atoms with Crippen LogP contribution in [0.5, 0.6) is 0 Å². The van der Waals surface area contributed by atoms with Gasteiger partial charge in [-0.2, -0.15) is 0 Å². The molecule has 1 fully saturated rings. The Balaban J connectivity index is 1.95. The van der Waals surface area contributed by atoms with E-state index >= 15 is 0 Å². The van der Waals surface area contributed by atoms with E-state index in [-0.39, 0.29) is 13.1 Å². The molecule has 0 saturated carbocycles. The summed E-state index contributed by atoms with van der Waals surface area (Å²) in [6.45, 7) is 7.70. The lowest BCUT2D eigenvalue weighted by molar-refractivity contribution is -0.143. The number of anilines is 1. The highest BCUT2D eigenvalue weighted by Crippen LogP contribution is 2.33. The zero-order valence-electron chi connectivity index (χ0n) is 16.6. The van der Waals surface area contributed by atoms with Crippen molar-refractivity contribution in [1.82, 2.24) is 14.9 Å². The van der Waals surface area contributed by atoms with Gasteiger partial charge in [0, 0.05) is 22.9 Å². The molecule has 2 heterocycles. The first-order valence-corrected chi connectivity index (χ1v) is 10.2. The van der Waals surface area contributed by atoms with Gasteiger partial charge in [0.15, 0.2) is 0 Å². The summed E-state index contributed by atoms with van der Waals surface area (Å²) in [5.41, 5.74) is -0.0369. The van der Waals surface area contributed by atoms with Crippen molar-refractivity contribution < 1.29 is 19.4 Å². The number of nitrogens with zero attached hydrogens (tertiary/aromatic N) is 4. The van der Waals surface area contributed by atoms with Crippen molar-refractivity contribution >= 4 is 56.3 Å². The van der Waals surface area contributed by atoms with Crippen LogP contribution in [0.25, 0.3) is 10.9 Å². The zero-order chi connectivity index (χ0) is 21.5. The number of benzene rings is 1. The van der Waals surface area contributed by atoms with Crippen LogP contribution in [0.3, 0.4) is 0 Å². The summed E-state index contributed by atoms with van der Waals surface area (Å²) in [5, 5.41) is 11.0. The minimum atomic E-state index is -1.10. The first kappa shape index (κ1) is 21.6. The van der Waals surface area contributed by atoms with Crippen molar-refractivity contribution in [3.8, 4) is 0 Å². The number of halogens is 2. The second-order valence-electron chi connectivity index (χ2n) is 7.85. The molecule has 1 aromatic carbocycles. The largest absolute Gasteiger partial charge is 0.480 e. The highest BCUT2D eigenvalue weighted by molar-refractivity contribution is 9.10. The third-order valence-corrected chi connectivity index (χ3v) is 5.62. The predicted octanol–water partition coefficient (Wildman–Crippen LogP) is 3.86. The van der Waals surface area contributed by atoms with Crippen molar-refractivity contribution in [2.45, 2.75) is 39.3 Å². The predicted molar refractivity (Wildman–Crippen MR) is 114 cm³/mol. The van der Waals surface area contributed by atoms with Crippen LogP contribution in [0.15, 0.2) is 16.6 Å². The van der Waals surface area contributed by atoms with E-state index in [9.17, 15) is 14.7 Å². The maximum atomic E-state index is 12.5. The van der Waals surface area contributed by atoms with Gasteiger partial charge in [0.05, 0.1) is 17.1 Å². The van der Waals surface area contributed by atoms with Gasteiger partial charge in [-0.1, -0.05) is 11.6 Å². The number of fused-ring (bicyclic) bond motifs is 1. The molecule has 0 bridgehead atoms. The molecule has 1 saturated heterocycles. The smallest absolute Gasteiger partial charge is 0.411 e. The number of rotatable bonds is 2. The molecule has 0 radical (unpaired) electrons.